The molecule has 0 radical (unpaired) electrons. The minimum atomic E-state index is 0.109. The SMILES string of the molecule is COc1ccc2c(c1)C(N)C(N1CCN(C)CC1)CC2. The van der Waals surface area contributed by atoms with Crippen molar-refractivity contribution >= 4 is 0 Å². The lowest BCUT2D eigenvalue weighted by atomic mass is 9.83. The minimum absolute atomic E-state index is 0.109. The van der Waals surface area contributed by atoms with Crippen LogP contribution in [0.15, 0.2) is 18.2 Å². The summed E-state index contributed by atoms with van der Waals surface area (Å²) in [5.74, 6) is 0.915. The molecule has 0 aromatic heterocycles. The maximum atomic E-state index is 6.57. The van der Waals surface area contributed by atoms with Crippen LogP contribution in [0, 0.1) is 0 Å². The zero-order valence-electron chi connectivity index (χ0n) is 12.5. The summed E-state index contributed by atoms with van der Waals surface area (Å²) in [6, 6.07) is 6.93. The van der Waals surface area contributed by atoms with E-state index in [0.29, 0.717) is 6.04 Å². The second-order valence-electron chi connectivity index (χ2n) is 6.04. The van der Waals surface area contributed by atoms with E-state index in [4.69, 9.17) is 10.5 Å². The molecule has 1 aliphatic carbocycles. The number of nitrogens with two attached hydrogens (primary N) is 1. The Morgan fingerprint density at radius 2 is 1.95 bits per heavy atom. The molecule has 3 rings (SSSR count). The highest BCUT2D eigenvalue weighted by Crippen LogP contribution is 2.34. The molecule has 1 aromatic carbocycles. The Bertz CT molecular complexity index is 469. The molecule has 0 spiro atoms. The number of rotatable bonds is 2. The van der Waals surface area contributed by atoms with Crippen LogP contribution in [0.4, 0.5) is 0 Å². The van der Waals surface area contributed by atoms with Crippen molar-refractivity contribution < 1.29 is 4.74 Å². The molecule has 0 amide bonds. The fourth-order valence-electron chi connectivity index (χ4n) is 3.49. The average molecular weight is 275 g/mol. The fourth-order valence-corrected chi connectivity index (χ4v) is 3.49. The van der Waals surface area contributed by atoms with E-state index in [9.17, 15) is 0 Å². The highest BCUT2D eigenvalue weighted by Gasteiger charge is 2.32. The van der Waals surface area contributed by atoms with Gasteiger partial charge in [0.2, 0.25) is 0 Å². The van der Waals surface area contributed by atoms with Crippen LogP contribution in [-0.2, 0) is 6.42 Å². The van der Waals surface area contributed by atoms with Crippen molar-refractivity contribution in [3.05, 3.63) is 29.3 Å². The number of hydrogen-bond acceptors (Lipinski definition) is 4. The fraction of sp³-hybridized carbons (Fsp3) is 0.625. The van der Waals surface area contributed by atoms with Gasteiger partial charge >= 0.3 is 0 Å². The Labute approximate surface area is 121 Å². The first-order chi connectivity index (χ1) is 9.69. The molecule has 1 fully saturated rings. The van der Waals surface area contributed by atoms with Crippen molar-refractivity contribution in [2.45, 2.75) is 24.9 Å². The number of piperazine rings is 1. The van der Waals surface area contributed by atoms with Crippen LogP contribution in [0.1, 0.15) is 23.6 Å². The summed E-state index contributed by atoms with van der Waals surface area (Å²) in [6.45, 7) is 4.56. The first-order valence-electron chi connectivity index (χ1n) is 7.54. The molecule has 0 bridgehead atoms. The third-order valence-electron chi connectivity index (χ3n) is 4.84. The lowest BCUT2D eigenvalue weighted by Gasteiger charge is -2.43. The summed E-state index contributed by atoms with van der Waals surface area (Å²) in [5, 5.41) is 0. The Balaban J connectivity index is 1.79. The van der Waals surface area contributed by atoms with Gasteiger partial charge in [-0.3, -0.25) is 4.90 Å². The van der Waals surface area contributed by atoms with E-state index in [1.807, 2.05) is 6.07 Å². The number of fused-ring (bicyclic) bond motifs is 1. The largest absolute Gasteiger partial charge is 0.497 e. The molecular weight excluding hydrogens is 250 g/mol. The van der Waals surface area contributed by atoms with Crippen molar-refractivity contribution in [1.29, 1.82) is 0 Å². The van der Waals surface area contributed by atoms with Gasteiger partial charge in [-0.05, 0) is 43.1 Å². The van der Waals surface area contributed by atoms with E-state index in [0.717, 1.165) is 38.3 Å². The standard InChI is InChI=1S/C16H25N3O/c1-18-7-9-19(10-8-18)15-6-4-12-3-5-13(20-2)11-14(12)16(15)17/h3,5,11,15-16H,4,6-10,17H2,1-2H3. The van der Waals surface area contributed by atoms with Gasteiger partial charge < -0.3 is 15.4 Å². The maximum Gasteiger partial charge on any atom is 0.119 e. The molecule has 110 valence electrons. The molecule has 1 heterocycles. The smallest absolute Gasteiger partial charge is 0.119 e. The zero-order valence-corrected chi connectivity index (χ0v) is 12.5. The molecule has 0 saturated carbocycles. The molecule has 20 heavy (non-hydrogen) atoms. The van der Waals surface area contributed by atoms with Crippen LogP contribution < -0.4 is 10.5 Å². The van der Waals surface area contributed by atoms with Crippen molar-refractivity contribution in [3.8, 4) is 5.75 Å². The predicted molar refractivity (Wildman–Crippen MR) is 81.1 cm³/mol. The number of likely N-dealkylation sites (N-methyl/N-ethyl adjacent to an activating group) is 1. The van der Waals surface area contributed by atoms with E-state index in [1.54, 1.807) is 7.11 Å². The Morgan fingerprint density at radius 1 is 1.20 bits per heavy atom. The first-order valence-corrected chi connectivity index (χ1v) is 7.54. The molecule has 2 aliphatic rings. The van der Waals surface area contributed by atoms with Crippen LogP contribution in [0.5, 0.6) is 5.75 Å². The summed E-state index contributed by atoms with van der Waals surface area (Å²) in [4.78, 5) is 4.97. The van der Waals surface area contributed by atoms with Crippen LogP contribution >= 0.6 is 0 Å². The van der Waals surface area contributed by atoms with Gasteiger partial charge in [-0.25, -0.2) is 0 Å². The number of ether oxygens (including phenoxy) is 1. The highest BCUT2D eigenvalue weighted by molar-refractivity contribution is 5.40. The number of hydrogen-bond donors (Lipinski definition) is 1. The monoisotopic (exact) mass is 275 g/mol. The van der Waals surface area contributed by atoms with E-state index in [1.165, 1.54) is 17.5 Å². The second-order valence-corrected chi connectivity index (χ2v) is 6.04. The third-order valence-corrected chi connectivity index (χ3v) is 4.84. The molecule has 4 heteroatoms. The predicted octanol–water partition coefficient (Wildman–Crippen LogP) is 1.26. The lowest BCUT2D eigenvalue weighted by Crippen LogP contribution is -2.53. The highest BCUT2D eigenvalue weighted by atomic mass is 16.5. The van der Waals surface area contributed by atoms with Gasteiger partial charge in [0.05, 0.1) is 7.11 Å². The van der Waals surface area contributed by atoms with E-state index in [-0.39, 0.29) is 6.04 Å². The van der Waals surface area contributed by atoms with Gasteiger partial charge in [-0.2, -0.15) is 0 Å². The number of benzene rings is 1. The summed E-state index contributed by atoms with van der Waals surface area (Å²) >= 11 is 0. The van der Waals surface area contributed by atoms with Crippen molar-refractivity contribution in [3.63, 3.8) is 0 Å². The van der Waals surface area contributed by atoms with Gasteiger partial charge in [-0.15, -0.1) is 0 Å². The van der Waals surface area contributed by atoms with Gasteiger partial charge in [-0.1, -0.05) is 6.07 Å². The van der Waals surface area contributed by atoms with E-state index in [2.05, 4.69) is 29.0 Å². The number of aryl methyl sites for hydroxylation is 1. The van der Waals surface area contributed by atoms with E-state index < -0.39 is 0 Å². The minimum Gasteiger partial charge on any atom is -0.497 e. The molecular formula is C16H25N3O. The van der Waals surface area contributed by atoms with Crippen molar-refractivity contribution in [1.82, 2.24) is 9.80 Å². The second kappa shape index (κ2) is 5.72. The van der Waals surface area contributed by atoms with Crippen molar-refractivity contribution in [2.24, 2.45) is 5.73 Å². The Morgan fingerprint density at radius 3 is 2.65 bits per heavy atom. The Hall–Kier alpha value is -1.10. The normalized spacial score (nSPS) is 28.1. The van der Waals surface area contributed by atoms with Crippen LogP contribution in [-0.4, -0.2) is 56.2 Å². The summed E-state index contributed by atoms with van der Waals surface area (Å²) in [7, 11) is 3.91. The molecule has 4 nitrogen and oxygen atoms in total. The van der Waals surface area contributed by atoms with Crippen LogP contribution in [0.25, 0.3) is 0 Å². The van der Waals surface area contributed by atoms with Gasteiger partial charge in [0.25, 0.3) is 0 Å². The summed E-state index contributed by atoms with van der Waals surface area (Å²) < 4.78 is 5.35. The molecule has 2 N–H and O–H groups in total. The average Bonchev–Trinajstić information content (AvgIpc) is 2.49. The van der Waals surface area contributed by atoms with E-state index >= 15 is 0 Å². The first kappa shape index (κ1) is 13.9. The summed E-state index contributed by atoms with van der Waals surface area (Å²) in [5.41, 5.74) is 9.24. The van der Waals surface area contributed by atoms with Crippen LogP contribution in [0.3, 0.4) is 0 Å². The maximum absolute atomic E-state index is 6.57. The Kier molecular flexibility index (Phi) is 3.96. The summed E-state index contributed by atoms with van der Waals surface area (Å²) in [6.07, 6.45) is 2.30. The van der Waals surface area contributed by atoms with Crippen molar-refractivity contribution in [2.75, 3.05) is 40.3 Å². The quantitative estimate of drug-likeness (QED) is 0.882. The molecule has 2 unspecified atom stereocenters. The molecule has 2 atom stereocenters. The number of methoxy groups -OCH3 is 1. The van der Waals surface area contributed by atoms with Gasteiger partial charge in [0.15, 0.2) is 0 Å². The molecule has 1 saturated heterocycles. The van der Waals surface area contributed by atoms with Gasteiger partial charge in [0.1, 0.15) is 5.75 Å². The third kappa shape index (κ3) is 2.55. The van der Waals surface area contributed by atoms with Crippen LogP contribution in [0.2, 0.25) is 0 Å². The lowest BCUT2D eigenvalue weighted by molar-refractivity contribution is 0.0896. The topological polar surface area (TPSA) is 41.7 Å². The molecule has 1 aromatic rings. The number of nitrogens with zero attached hydrogens (tertiary/aromatic N) is 2. The molecule has 1 aliphatic heterocycles. The van der Waals surface area contributed by atoms with Gasteiger partial charge in [0, 0.05) is 38.3 Å². The zero-order chi connectivity index (χ0) is 14.1.